The van der Waals surface area contributed by atoms with Crippen molar-refractivity contribution >= 4 is 29.1 Å². The van der Waals surface area contributed by atoms with E-state index in [-0.39, 0.29) is 24.3 Å². The number of carbonyl (C=O) groups excluding carboxylic acids is 3. The highest BCUT2D eigenvalue weighted by atomic mass is 16.5. The van der Waals surface area contributed by atoms with Gasteiger partial charge in [-0.05, 0) is 48.9 Å². The molecule has 144 valence electrons. The Morgan fingerprint density at radius 3 is 2.17 bits per heavy atom. The van der Waals surface area contributed by atoms with Crippen molar-refractivity contribution in [2.75, 3.05) is 16.8 Å². The Hall–Kier alpha value is -3.93. The first-order valence-electron chi connectivity index (χ1n) is 9.11. The lowest BCUT2D eigenvalue weighted by molar-refractivity contribution is -0.118. The minimum Gasteiger partial charge on any atom is -0.484 e. The van der Waals surface area contributed by atoms with Gasteiger partial charge in [0.25, 0.3) is 17.7 Å². The van der Waals surface area contributed by atoms with Gasteiger partial charge in [0.05, 0.1) is 16.8 Å². The minimum atomic E-state index is -0.376. The summed E-state index contributed by atoms with van der Waals surface area (Å²) in [7, 11) is 0. The molecule has 6 heteroatoms. The SMILES string of the molecule is Cc1ccc(N2C(=O)c3ccccc3C2=O)cc1NC(=O)COc1ccccc1. The van der Waals surface area contributed by atoms with E-state index in [1.165, 1.54) is 0 Å². The third kappa shape index (κ3) is 3.60. The van der Waals surface area contributed by atoms with Crippen LogP contribution >= 0.6 is 0 Å². The van der Waals surface area contributed by atoms with E-state index in [4.69, 9.17) is 4.74 Å². The molecule has 0 atom stereocenters. The van der Waals surface area contributed by atoms with Crippen molar-refractivity contribution in [2.45, 2.75) is 6.92 Å². The highest BCUT2D eigenvalue weighted by Gasteiger charge is 2.36. The number of para-hydroxylation sites is 1. The number of rotatable bonds is 5. The molecule has 3 aromatic rings. The second kappa shape index (κ2) is 7.59. The zero-order valence-corrected chi connectivity index (χ0v) is 15.7. The molecule has 0 spiro atoms. The monoisotopic (exact) mass is 386 g/mol. The lowest BCUT2D eigenvalue weighted by Gasteiger charge is -2.17. The number of amides is 3. The van der Waals surface area contributed by atoms with Crippen molar-refractivity contribution in [1.82, 2.24) is 0 Å². The molecule has 0 aromatic heterocycles. The lowest BCUT2D eigenvalue weighted by Crippen LogP contribution is -2.29. The topological polar surface area (TPSA) is 75.7 Å². The zero-order chi connectivity index (χ0) is 20.4. The van der Waals surface area contributed by atoms with Gasteiger partial charge in [0.2, 0.25) is 0 Å². The van der Waals surface area contributed by atoms with Crippen LogP contribution in [0.2, 0.25) is 0 Å². The van der Waals surface area contributed by atoms with Gasteiger partial charge in [0, 0.05) is 5.69 Å². The number of imide groups is 1. The highest BCUT2D eigenvalue weighted by Crippen LogP contribution is 2.31. The molecule has 3 amide bonds. The maximum absolute atomic E-state index is 12.7. The molecule has 0 saturated carbocycles. The van der Waals surface area contributed by atoms with E-state index < -0.39 is 0 Å². The van der Waals surface area contributed by atoms with E-state index in [0.717, 1.165) is 10.5 Å². The number of benzene rings is 3. The van der Waals surface area contributed by atoms with E-state index in [1.54, 1.807) is 54.6 Å². The van der Waals surface area contributed by atoms with Crippen LogP contribution in [0, 0.1) is 6.92 Å². The van der Waals surface area contributed by atoms with Crippen LogP contribution in [0.15, 0.2) is 72.8 Å². The number of hydrogen-bond donors (Lipinski definition) is 1. The van der Waals surface area contributed by atoms with Gasteiger partial charge in [-0.1, -0.05) is 36.4 Å². The van der Waals surface area contributed by atoms with Gasteiger partial charge in [-0.3, -0.25) is 14.4 Å². The van der Waals surface area contributed by atoms with Crippen LogP contribution in [0.5, 0.6) is 5.75 Å². The van der Waals surface area contributed by atoms with Crippen LogP contribution in [0.25, 0.3) is 0 Å². The fraction of sp³-hybridized carbons (Fsp3) is 0.0870. The first-order valence-corrected chi connectivity index (χ1v) is 9.11. The molecule has 0 fully saturated rings. The largest absolute Gasteiger partial charge is 0.484 e. The predicted octanol–water partition coefficient (Wildman–Crippen LogP) is 3.81. The number of ether oxygens (including phenoxy) is 1. The molecule has 0 saturated heterocycles. The predicted molar refractivity (Wildman–Crippen MR) is 109 cm³/mol. The van der Waals surface area contributed by atoms with Crippen LogP contribution in [-0.4, -0.2) is 24.3 Å². The number of anilines is 2. The standard InChI is InChI=1S/C23H18N2O4/c1-15-11-12-16(25-22(27)18-9-5-6-10-19(18)23(25)28)13-20(15)24-21(26)14-29-17-7-3-2-4-8-17/h2-13H,14H2,1H3,(H,24,26). The molecule has 29 heavy (non-hydrogen) atoms. The summed E-state index contributed by atoms with van der Waals surface area (Å²) in [4.78, 5) is 38.8. The average molecular weight is 386 g/mol. The van der Waals surface area contributed by atoms with E-state index in [0.29, 0.717) is 28.3 Å². The van der Waals surface area contributed by atoms with Gasteiger partial charge in [0.1, 0.15) is 5.75 Å². The number of carbonyl (C=O) groups is 3. The first kappa shape index (κ1) is 18.4. The fourth-order valence-electron chi connectivity index (χ4n) is 3.16. The van der Waals surface area contributed by atoms with Gasteiger partial charge in [-0.25, -0.2) is 4.90 Å². The van der Waals surface area contributed by atoms with E-state index in [9.17, 15) is 14.4 Å². The van der Waals surface area contributed by atoms with Crippen molar-refractivity contribution in [1.29, 1.82) is 0 Å². The highest BCUT2D eigenvalue weighted by molar-refractivity contribution is 6.34. The van der Waals surface area contributed by atoms with Crippen LogP contribution in [-0.2, 0) is 4.79 Å². The van der Waals surface area contributed by atoms with Crippen LogP contribution in [0.3, 0.4) is 0 Å². The smallest absolute Gasteiger partial charge is 0.266 e. The Kier molecular flexibility index (Phi) is 4.83. The molecule has 1 aliphatic heterocycles. The maximum Gasteiger partial charge on any atom is 0.266 e. The van der Waals surface area contributed by atoms with Gasteiger partial charge in [-0.2, -0.15) is 0 Å². The van der Waals surface area contributed by atoms with E-state index in [2.05, 4.69) is 5.32 Å². The summed E-state index contributed by atoms with van der Waals surface area (Å²) < 4.78 is 5.46. The molecule has 3 aromatic carbocycles. The summed E-state index contributed by atoms with van der Waals surface area (Å²) in [6.45, 7) is 1.68. The Bertz CT molecular complexity index is 1070. The third-order valence-electron chi connectivity index (χ3n) is 4.66. The minimum absolute atomic E-state index is 0.152. The summed E-state index contributed by atoms with van der Waals surface area (Å²) in [6, 6.07) is 20.8. The van der Waals surface area contributed by atoms with Crippen LogP contribution in [0.4, 0.5) is 11.4 Å². The Balaban J connectivity index is 1.52. The summed E-state index contributed by atoms with van der Waals surface area (Å²) in [5, 5.41) is 2.78. The molecule has 6 nitrogen and oxygen atoms in total. The normalized spacial score (nSPS) is 12.7. The number of aryl methyl sites for hydroxylation is 1. The van der Waals surface area contributed by atoms with Crippen molar-refractivity contribution in [3.8, 4) is 5.75 Å². The van der Waals surface area contributed by atoms with Crippen molar-refractivity contribution < 1.29 is 19.1 Å². The summed E-state index contributed by atoms with van der Waals surface area (Å²) in [5.74, 6) is -0.492. The molecular weight excluding hydrogens is 368 g/mol. The molecule has 0 aliphatic carbocycles. The summed E-state index contributed by atoms with van der Waals surface area (Å²) >= 11 is 0. The van der Waals surface area contributed by atoms with Crippen molar-refractivity contribution in [3.63, 3.8) is 0 Å². The van der Waals surface area contributed by atoms with E-state index >= 15 is 0 Å². The Morgan fingerprint density at radius 2 is 1.52 bits per heavy atom. The van der Waals surface area contributed by atoms with Gasteiger partial charge in [0.15, 0.2) is 6.61 Å². The Morgan fingerprint density at radius 1 is 0.897 bits per heavy atom. The molecular formula is C23H18N2O4. The average Bonchev–Trinajstić information content (AvgIpc) is 3.00. The van der Waals surface area contributed by atoms with Crippen LogP contribution in [0.1, 0.15) is 26.3 Å². The maximum atomic E-state index is 12.7. The van der Waals surface area contributed by atoms with Crippen molar-refractivity contribution in [2.24, 2.45) is 0 Å². The molecule has 4 rings (SSSR count). The molecule has 0 unspecified atom stereocenters. The quantitative estimate of drug-likeness (QED) is 0.677. The van der Waals surface area contributed by atoms with Gasteiger partial charge < -0.3 is 10.1 Å². The number of fused-ring (bicyclic) bond motifs is 1. The third-order valence-corrected chi connectivity index (χ3v) is 4.66. The van der Waals surface area contributed by atoms with Crippen LogP contribution < -0.4 is 15.0 Å². The summed E-state index contributed by atoms with van der Waals surface area (Å²) in [5.41, 5.74) is 2.47. The number of nitrogens with zero attached hydrogens (tertiary/aromatic N) is 1. The second-order valence-electron chi connectivity index (χ2n) is 6.64. The first-order chi connectivity index (χ1) is 14.0. The fourth-order valence-corrected chi connectivity index (χ4v) is 3.16. The van der Waals surface area contributed by atoms with Crippen molar-refractivity contribution in [3.05, 3.63) is 89.5 Å². The molecule has 1 aliphatic rings. The van der Waals surface area contributed by atoms with E-state index in [1.807, 2.05) is 25.1 Å². The molecule has 0 radical (unpaired) electrons. The second-order valence-corrected chi connectivity index (χ2v) is 6.64. The number of hydrogen-bond acceptors (Lipinski definition) is 4. The number of nitrogens with one attached hydrogen (secondary N) is 1. The molecule has 1 N–H and O–H groups in total. The molecule has 1 heterocycles. The summed E-state index contributed by atoms with van der Waals surface area (Å²) in [6.07, 6.45) is 0. The van der Waals surface area contributed by atoms with Gasteiger partial charge in [-0.15, -0.1) is 0 Å². The lowest BCUT2D eigenvalue weighted by atomic mass is 10.1. The Labute approximate surface area is 167 Å². The zero-order valence-electron chi connectivity index (χ0n) is 15.7. The van der Waals surface area contributed by atoms with Gasteiger partial charge >= 0.3 is 0 Å². The molecule has 0 bridgehead atoms.